The normalized spacial score (nSPS) is 18.4. The standard InChI is InChI=1S/C18H28N2O4/c1-6-9-14(19-24-8-3)17-15(21)11-13(18(22)20(4)5)12-16(17)23-10-7-2/h7,13H,2,6,8-12H2,1,3-5H3. The van der Waals surface area contributed by atoms with E-state index in [9.17, 15) is 9.59 Å². The Balaban J connectivity index is 3.23. The van der Waals surface area contributed by atoms with E-state index in [0.29, 0.717) is 36.5 Å². The maximum atomic E-state index is 12.7. The fourth-order valence-electron chi connectivity index (χ4n) is 2.63. The lowest BCUT2D eigenvalue weighted by Crippen LogP contribution is -2.35. The van der Waals surface area contributed by atoms with E-state index < -0.39 is 5.92 Å². The highest BCUT2D eigenvalue weighted by molar-refractivity contribution is 6.23. The Kier molecular flexibility index (Phi) is 8.22. The number of ether oxygens (including phenoxy) is 1. The molecule has 0 saturated carbocycles. The second-order valence-corrected chi connectivity index (χ2v) is 5.86. The van der Waals surface area contributed by atoms with Crippen molar-refractivity contribution in [1.29, 1.82) is 0 Å². The van der Waals surface area contributed by atoms with Gasteiger partial charge in [-0.15, -0.1) is 0 Å². The molecule has 24 heavy (non-hydrogen) atoms. The van der Waals surface area contributed by atoms with Crippen LogP contribution in [0.15, 0.2) is 29.1 Å². The Morgan fingerprint density at radius 2 is 2.08 bits per heavy atom. The van der Waals surface area contributed by atoms with Crippen molar-refractivity contribution in [3.8, 4) is 0 Å². The third-order valence-electron chi connectivity index (χ3n) is 3.67. The predicted molar refractivity (Wildman–Crippen MR) is 93.6 cm³/mol. The van der Waals surface area contributed by atoms with E-state index in [1.165, 1.54) is 4.90 Å². The number of nitrogens with zero attached hydrogens (tertiary/aromatic N) is 2. The Bertz CT molecular complexity index is 535. The van der Waals surface area contributed by atoms with Crippen LogP contribution in [0.25, 0.3) is 0 Å². The van der Waals surface area contributed by atoms with Gasteiger partial charge in [0.1, 0.15) is 19.0 Å². The molecule has 1 unspecified atom stereocenters. The number of carbonyl (C=O) groups is 2. The van der Waals surface area contributed by atoms with Crippen LogP contribution in [0.3, 0.4) is 0 Å². The number of allylic oxidation sites excluding steroid dienone is 2. The molecule has 0 aromatic heterocycles. The summed E-state index contributed by atoms with van der Waals surface area (Å²) < 4.78 is 5.72. The first-order valence-electron chi connectivity index (χ1n) is 8.36. The lowest BCUT2D eigenvalue weighted by Gasteiger charge is -2.27. The highest BCUT2D eigenvalue weighted by Crippen LogP contribution is 2.31. The summed E-state index contributed by atoms with van der Waals surface area (Å²) in [6.07, 6.45) is 3.63. The number of amides is 1. The van der Waals surface area contributed by atoms with Gasteiger partial charge in [-0.25, -0.2) is 0 Å². The molecule has 1 rings (SSSR count). The van der Waals surface area contributed by atoms with Gasteiger partial charge in [0.2, 0.25) is 5.91 Å². The molecule has 0 radical (unpaired) electrons. The Morgan fingerprint density at radius 1 is 1.38 bits per heavy atom. The van der Waals surface area contributed by atoms with E-state index >= 15 is 0 Å². The summed E-state index contributed by atoms with van der Waals surface area (Å²) in [5, 5.41) is 4.11. The lowest BCUT2D eigenvalue weighted by molar-refractivity contribution is -0.136. The smallest absolute Gasteiger partial charge is 0.226 e. The third kappa shape index (κ3) is 5.22. The van der Waals surface area contributed by atoms with Crippen LogP contribution in [0.5, 0.6) is 0 Å². The molecule has 1 atom stereocenters. The van der Waals surface area contributed by atoms with Crippen molar-refractivity contribution in [2.45, 2.75) is 39.5 Å². The molecule has 1 aliphatic rings. The summed E-state index contributed by atoms with van der Waals surface area (Å²) in [6, 6.07) is 0. The van der Waals surface area contributed by atoms with Crippen molar-refractivity contribution < 1.29 is 19.2 Å². The fraction of sp³-hybridized carbons (Fsp3) is 0.611. The van der Waals surface area contributed by atoms with Crippen LogP contribution in [0, 0.1) is 5.92 Å². The summed E-state index contributed by atoms with van der Waals surface area (Å²) in [5.41, 5.74) is 1.06. The molecule has 0 heterocycles. The average Bonchev–Trinajstić information content (AvgIpc) is 2.55. The summed E-state index contributed by atoms with van der Waals surface area (Å²) in [6.45, 7) is 8.20. The molecule has 6 heteroatoms. The zero-order valence-corrected chi connectivity index (χ0v) is 15.1. The van der Waals surface area contributed by atoms with E-state index in [0.717, 1.165) is 6.42 Å². The molecule has 0 N–H and O–H groups in total. The van der Waals surface area contributed by atoms with Gasteiger partial charge >= 0.3 is 0 Å². The average molecular weight is 336 g/mol. The van der Waals surface area contributed by atoms with Crippen LogP contribution in [0.1, 0.15) is 39.5 Å². The Hall–Kier alpha value is -2.11. The topological polar surface area (TPSA) is 68.2 Å². The van der Waals surface area contributed by atoms with Gasteiger partial charge in [-0.1, -0.05) is 31.2 Å². The van der Waals surface area contributed by atoms with Crippen molar-refractivity contribution in [1.82, 2.24) is 4.90 Å². The maximum absolute atomic E-state index is 12.7. The zero-order valence-electron chi connectivity index (χ0n) is 15.1. The van der Waals surface area contributed by atoms with Gasteiger partial charge < -0.3 is 14.5 Å². The first-order chi connectivity index (χ1) is 11.5. The van der Waals surface area contributed by atoms with Gasteiger partial charge in [-0.2, -0.15) is 0 Å². The second-order valence-electron chi connectivity index (χ2n) is 5.86. The van der Waals surface area contributed by atoms with E-state index in [2.05, 4.69) is 11.7 Å². The quantitative estimate of drug-likeness (QED) is 0.369. The van der Waals surface area contributed by atoms with E-state index in [4.69, 9.17) is 9.57 Å². The monoisotopic (exact) mass is 336 g/mol. The van der Waals surface area contributed by atoms with Crippen molar-refractivity contribution in [2.24, 2.45) is 11.1 Å². The van der Waals surface area contributed by atoms with Gasteiger partial charge in [0, 0.05) is 26.9 Å². The van der Waals surface area contributed by atoms with Crippen LogP contribution in [-0.2, 0) is 19.2 Å². The first kappa shape index (κ1) is 19.9. The highest BCUT2D eigenvalue weighted by atomic mass is 16.6. The van der Waals surface area contributed by atoms with Gasteiger partial charge in [0.05, 0.1) is 17.2 Å². The number of Topliss-reactive ketones (excluding diaryl/α,β-unsaturated/α-hetero) is 1. The first-order valence-corrected chi connectivity index (χ1v) is 8.36. The minimum Gasteiger partial charge on any atom is -0.493 e. The largest absolute Gasteiger partial charge is 0.493 e. The number of hydrogen-bond donors (Lipinski definition) is 0. The molecule has 6 nitrogen and oxygen atoms in total. The minimum atomic E-state index is -0.397. The second kappa shape index (κ2) is 9.90. The molecule has 0 bridgehead atoms. The predicted octanol–water partition coefficient (Wildman–Crippen LogP) is 2.70. The molecule has 1 aliphatic carbocycles. The Morgan fingerprint density at radius 3 is 2.62 bits per heavy atom. The molecule has 134 valence electrons. The number of hydrogen-bond acceptors (Lipinski definition) is 5. The van der Waals surface area contributed by atoms with Gasteiger partial charge in [-0.3, -0.25) is 9.59 Å². The number of oxime groups is 1. The van der Waals surface area contributed by atoms with Gasteiger partial charge in [0.15, 0.2) is 5.78 Å². The van der Waals surface area contributed by atoms with Crippen LogP contribution >= 0.6 is 0 Å². The summed E-state index contributed by atoms with van der Waals surface area (Å²) >= 11 is 0. The summed E-state index contributed by atoms with van der Waals surface area (Å²) in [5.74, 6) is -0.0717. The lowest BCUT2D eigenvalue weighted by atomic mass is 9.83. The van der Waals surface area contributed by atoms with Crippen molar-refractivity contribution in [3.05, 3.63) is 24.0 Å². The molecule has 0 spiro atoms. The minimum absolute atomic E-state index is 0.0686. The summed E-state index contributed by atoms with van der Waals surface area (Å²) in [4.78, 5) is 31.6. The Labute approximate surface area is 144 Å². The van der Waals surface area contributed by atoms with Gasteiger partial charge in [-0.05, 0) is 13.3 Å². The number of rotatable bonds is 9. The zero-order chi connectivity index (χ0) is 18.1. The molecule has 1 amide bonds. The van der Waals surface area contributed by atoms with Crippen molar-refractivity contribution in [2.75, 3.05) is 27.3 Å². The number of carbonyl (C=O) groups excluding carboxylic acids is 2. The van der Waals surface area contributed by atoms with Crippen molar-refractivity contribution >= 4 is 17.4 Å². The molecule has 0 aromatic carbocycles. The van der Waals surface area contributed by atoms with Crippen LogP contribution < -0.4 is 0 Å². The van der Waals surface area contributed by atoms with Crippen molar-refractivity contribution in [3.63, 3.8) is 0 Å². The highest BCUT2D eigenvalue weighted by Gasteiger charge is 2.35. The number of ketones is 1. The SMILES string of the molecule is C=CCOC1=C(C(CCC)=NOCC)C(=O)CC(C(=O)N(C)C)C1. The molecule has 0 fully saturated rings. The van der Waals surface area contributed by atoms with E-state index in [1.807, 2.05) is 13.8 Å². The summed E-state index contributed by atoms with van der Waals surface area (Å²) in [7, 11) is 3.38. The van der Waals surface area contributed by atoms with Crippen LogP contribution in [0.2, 0.25) is 0 Å². The van der Waals surface area contributed by atoms with Crippen LogP contribution in [0.4, 0.5) is 0 Å². The maximum Gasteiger partial charge on any atom is 0.226 e. The fourth-order valence-corrected chi connectivity index (χ4v) is 2.63. The molecular formula is C18H28N2O4. The van der Waals surface area contributed by atoms with Gasteiger partial charge in [0.25, 0.3) is 0 Å². The molecule has 0 aliphatic heterocycles. The third-order valence-corrected chi connectivity index (χ3v) is 3.67. The molecule has 0 saturated heterocycles. The molecular weight excluding hydrogens is 308 g/mol. The van der Waals surface area contributed by atoms with Crippen LogP contribution in [-0.4, -0.2) is 49.6 Å². The van der Waals surface area contributed by atoms with E-state index in [-0.39, 0.29) is 24.7 Å². The molecule has 0 aromatic rings. The van der Waals surface area contributed by atoms with E-state index in [1.54, 1.807) is 20.2 Å².